The number of para-hydroxylation sites is 1. The van der Waals surface area contributed by atoms with E-state index in [9.17, 15) is 0 Å². The SMILES string of the molecule is N#CN=c1c2ccccc2nc2n1CC/C2=C\c1ccccc1Br. The zero-order chi connectivity index (χ0) is 16.5. The van der Waals surface area contributed by atoms with E-state index in [1.54, 1.807) is 0 Å². The summed E-state index contributed by atoms with van der Waals surface area (Å²) in [7, 11) is 0. The van der Waals surface area contributed by atoms with Gasteiger partial charge in [0.05, 0.1) is 5.52 Å². The fourth-order valence-corrected chi connectivity index (χ4v) is 3.47. The van der Waals surface area contributed by atoms with Gasteiger partial charge in [0.15, 0.2) is 5.49 Å². The number of halogens is 1. The van der Waals surface area contributed by atoms with Crippen LogP contribution in [0.1, 0.15) is 17.8 Å². The molecule has 1 aliphatic rings. The van der Waals surface area contributed by atoms with Crippen LogP contribution >= 0.6 is 15.9 Å². The van der Waals surface area contributed by atoms with E-state index in [0.29, 0.717) is 5.49 Å². The van der Waals surface area contributed by atoms with Gasteiger partial charge in [-0.1, -0.05) is 46.3 Å². The molecule has 2 heterocycles. The van der Waals surface area contributed by atoms with Crippen LogP contribution < -0.4 is 5.49 Å². The lowest BCUT2D eigenvalue weighted by atomic mass is 10.1. The number of rotatable bonds is 1. The number of nitriles is 1. The molecule has 5 heteroatoms. The number of aromatic nitrogens is 2. The van der Waals surface area contributed by atoms with Crippen molar-refractivity contribution >= 4 is 38.5 Å². The van der Waals surface area contributed by atoms with Crippen LogP contribution in [0.5, 0.6) is 0 Å². The Balaban J connectivity index is 1.98. The molecule has 0 fully saturated rings. The maximum Gasteiger partial charge on any atom is 0.207 e. The van der Waals surface area contributed by atoms with Crippen molar-refractivity contribution in [2.24, 2.45) is 4.99 Å². The van der Waals surface area contributed by atoms with Gasteiger partial charge in [0.25, 0.3) is 0 Å². The Hall–Kier alpha value is -2.71. The number of hydrogen-bond acceptors (Lipinski definition) is 3. The summed E-state index contributed by atoms with van der Waals surface area (Å²) in [4.78, 5) is 8.87. The third-order valence-electron chi connectivity index (χ3n) is 4.17. The van der Waals surface area contributed by atoms with Crippen LogP contribution in [0.3, 0.4) is 0 Å². The first-order chi connectivity index (χ1) is 11.8. The summed E-state index contributed by atoms with van der Waals surface area (Å²) in [6.07, 6.45) is 4.96. The molecule has 24 heavy (non-hydrogen) atoms. The average molecular weight is 377 g/mol. The molecule has 116 valence electrons. The van der Waals surface area contributed by atoms with E-state index in [2.05, 4.69) is 33.1 Å². The molecule has 0 spiro atoms. The number of hydrogen-bond donors (Lipinski definition) is 0. The third kappa shape index (κ3) is 2.45. The highest BCUT2D eigenvalue weighted by atomic mass is 79.9. The quantitative estimate of drug-likeness (QED) is 0.599. The van der Waals surface area contributed by atoms with Crippen LogP contribution in [-0.4, -0.2) is 9.55 Å². The van der Waals surface area contributed by atoms with Crippen LogP contribution in [0.25, 0.3) is 22.6 Å². The molecular weight excluding hydrogens is 364 g/mol. The molecule has 0 aliphatic carbocycles. The fourth-order valence-electron chi connectivity index (χ4n) is 3.07. The molecule has 0 amide bonds. The molecule has 3 aromatic rings. The normalized spacial score (nSPS) is 15.7. The zero-order valence-electron chi connectivity index (χ0n) is 12.8. The lowest BCUT2D eigenvalue weighted by Crippen LogP contribution is -2.22. The van der Waals surface area contributed by atoms with E-state index >= 15 is 0 Å². The van der Waals surface area contributed by atoms with Gasteiger partial charge in [-0.3, -0.25) is 0 Å². The minimum Gasteiger partial charge on any atom is -0.309 e. The highest BCUT2D eigenvalue weighted by Gasteiger charge is 2.20. The van der Waals surface area contributed by atoms with E-state index in [-0.39, 0.29) is 0 Å². The van der Waals surface area contributed by atoms with Crippen molar-refractivity contribution in [3.8, 4) is 6.19 Å². The second-order valence-corrected chi connectivity index (χ2v) is 6.44. The summed E-state index contributed by atoms with van der Waals surface area (Å²) in [5.41, 5.74) is 3.82. The van der Waals surface area contributed by atoms with Crippen LogP contribution in [0.2, 0.25) is 0 Å². The van der Waals surface area contributed by atoms with E-state index in [1.165, 1.54) is 0 Å². The molecule has 0 bridgehead atoms. The fraction of sp³-hybridized carbons (Fsp3) is 0.105. The molecule has 1 aromatic heterocycles. The van der Waals surface area contributed by atoms with Gasteiger partial charge < -0.3 is 4.57 Å². The van der Waals surface area contributed by atoms with Gasteiger partial charge in [-0.15, -0.1) is 0 Å². The topological polar surface area (TPSA) is 54.0 Å². The Kier molecular flexibility index (Phi) is 3.75. The van der Waals surface area contributed by atoms with Crippen molar-refractivity contribution in [3.63, 3.8) is 0 Å². The summed E-state index contributed by atoms with van der Waals surface area (Å²) in [6, 6.07) is 15.9. The number of allylic oxidation sites excluding steroid dienone is 1. The number of nitrogens with zero attached hydrogens (tertiary/aromatic N) is 4. The van der Waals surface area contributed by atoms with Crippen LogP contribution in [0.4, 0.5) is 0 Å². The van der Waals surface area contributed by atoms with Gasteiger partial charge in [-0.25, -0.2) is 4.98 Å². The van der Waals surface area contributed by atoms with E-state index in [4.69, 9.17) is 10.2 Å². The zero-order valence-corrected chi connectivity index (χ0v) is 14.4. The molecule has 2 aromatic carbocycles. The van der Waals surface area contributed by atoms with Crippen molar-refractivity contribution in [2.75, 3.05) is 0 Å². The van der Waals surface area contributed by atoms with Gasteiger partial charge in [0.1, 0.15) is 5.82 Å². The molecule has 0 saturated carbocycles. The van der Waals surface area contributed by atoms with Crippen molar-refractivity contribution in [1.29, 1.82) is 5.26 Å². The van der Waals surface area contributed by atoms with Crippen LogP contribution in [0, 0.1) is 11.5 Å². The molecule has 0 N–H and O–H groups in total. The Morgan fingerprint density at radius 2 is 1.96 bits per heavy atom. The second kappa shape index (κ2) is 6.06. The highest BCUT2D eigenvalue weighted by molar-refractivity contribution is 9.10. The first-order valence-electron chi connectivity index (χ1n) is 7.66. The Labute approximate surface area is 147 Å². The molecule has 0 radical (unpaired) electrons. The van der Waals surface area contributed by atoms with Gasteiger partial charge in [-0.05, 0) is 41.8 Å². The number of benzene rings is 2. The predicted octanol–water partition coefficient (Wildman–Crippen LogP) is 4.12. The van der Waals surface area contributed by atoms with Crippen molar-refractivity contribution < 1.29 is 0 Å². The standard InChI is InChI=1S/C19H13BrN4/c20-16-7-3-1-5-13(16)11-14-9-10-24-18(14)23-17-8-4-2-6-15(17)19(24)22-12-21/h1-8,11H,9-10H2/b14-11+,22-19?. The second-order valence-electron chi connectivity index (χ2n) is 5.58. The maximum absolute atomic E-state index is 9.08. The molecule has 0 saturated heterocycles. The summed E-state index contributed by atoms with van der Waals surface area (Å²) in [5.74, 6) is 0.887. The largest absolute Gasteiger partial charge is 0.309 e. The average Bonchev–Trinajstić information content (AvgIpc) is 3.00. The minimum absolute atomic E-state index is 0.689. The lowest BCUT2D eigenvalue weighted by molar-refractivity contribution is 0.713. The Bertz CT molecular complexity index is 1090. The molecular formula is C19H13BrN4. The minimum atomic E-state index is 0.689. The monoisotopic (exact) mass is 376 g/mol. The Morgan fingerprint density at radius 3 is 2.79 bits per heavy atom. The summed E-state index contributed by atoms with van der Waals surface area (Å²) in [6.45, 7) is 0.782. The van der Waals surface area contributed by atoms with Crippen molar-refractivity contribution in [2.45, 2.75) is 13.0 Å². The van der Waals surface area contributed by atoms with Crippen LogP contribution in [-0.2, 0) is 6.54 Å². The number of fused-ring (bicyclic) bond motifs is 2. The van der Waals surface area contributed by atoms with Gasteiger partial charge >= 0.3 is 0 Å². The maximum atomic E-state index is 9.08. The van der Waals surface area contributed by atoms with Crippen molar-refractivity contribution in [1.82, 2.24) is 9.55 Å². The summed E-state index contributed by atoms with van der Waals surface area (Å²) in [5, 5.41) is 9.98. The van der Waals surface area contributed by atoms with Crippen molar-refractivity contribution in [3.05, 3.63) is 69.9 Å². The van der Waals surface area contributed by atoms with Gasteiger partial charge in [-0.2, -0.15) is 10.3 Å². The van der Waals surface area contributed by atoms with E-state index in [0.717, 1.165) is 45.3 Å². The first kappa shape index (κ1) is 14.9. The lowest BCUT2D eigenvalue weighted by Gasteiger charge is -2.07. The summed E-state index contributed by atoms with van der Waals surface area (Å²) >= 11 is 3.59. The van der Waals surface area contributed by atoms with E-state index in [1.807, 2.05) is 53.2 Å². The van der Waals surface area contributed by atoms with Gasteiger partial charge in [0.2, 0.25) is 6.19 Å². The highest BCUT2D eigenvalue weighted by Crippen LogP contribution is 2.29. The first-order valence-corrected chi connectivity index (χ1v) is 8.45. The predicted molar refractivity (Wildman–Crippen MR) is 97.5 cm³/mol. The third-order valence-corrected chi connectivity index (χ3v) is 4.89. The molecule has 4 nitrogen and oxygen atoms in total. The van der Waals surface area contributed by atoms with E-state index < -0.39 is 0 Å². The van der Waals surface area contributed by atoms with Gasteiger partial charge in [0, 0.05) is 16.4 Å². The van der Waals surface area contributed by atoms with Crippen LogP contribution in [0.15, 0.2) is 58.0 Å². The Morgan fingerprint density at radius 1 is 1.17 bits per heavy atom. The smallest absolute Gasteiger partial charge is 0.207 e. The molecule has 4 rings (SSSR count). The molecule has 0 unspecified atom stereocenters. The summed E-state index contributed by atoms with van der Waals surface area (Å²) < 4.78 is 3.09. The molecule has 1 aliphatic heterocycles. The molecule has 0 atom stereocenters.